The summed E-state index contributed by atoms with van der Waals surface area (Å²) in [6, 6.07) is 19.2. The van der Waals surface area contributed by atoms with Gasteiger partial charge in [0.15, 0.2) is 5.78 Å². The number of hydrogen-bond donors (Lipinski definition) is 1. The number of benzene rings is 2. The van der Waals surface area contributed by atoms with E-state index in [1.54, 1.807) is 0 Å². The molecule has 24 heavy (non-hydrogen) atoms. The summed E-state index contributed by atoms with van der Waals surface area (Å²) in [6.07, 6.45) is 0.970. The van der Waals surface area contributed by atoms with Gasteiger partial charge in [-0.25, -0.2) is 4.68 Å². The van der Waals surface area contributed by atoms with Crippen LogP contribution in [-0.4, -0.2) is 22.1 Å². The number of carbonyl (C=O) groups excluding carboxylic acids is 1. The van der Waals surface area contributed by atoms with Crippen molar-refractivity contribution in [3.05, 3.63) is 77.5 Å². The van der Waals surface area contributed by atoms with Gasteiger partial charge in [0.1, 0.15) is 5.82 Å². The van der Waals surface area contributed by atoms with Gasteiger partial charge in [0.25, 0.3) is 0 Å². The molecule has 4 nitrogen and oxygen atoms in total. The third-order valence-corrected chi connectivity index (χ3v) is 3.87. The smallest absolute Gasteiger partial charge is 0.198 e. The van der Waals surface area contributed by atoms with Crippen LogP contribution in [0.2, 0.25) is 0 Å². The predicted octanol–water partition coefficient (Wildman–Crippen LogP) is 4.23. The number of aryl methyl sites for hydroxylation is 1. The Morgan fingerprint density at radius 2 is 1.67 bits per heavy atom. The summed E-state index contributed by atoms with van der Waals surface area (Å²) in [7, 11) is 0. The molecule has 0 aliphatic heterocycles. The molecule has 0 fully saturated rings. The Balaban J connectivity index is 2.12. The van der Waals surface area contributed by atoms with E-state index in [1.807, 2.05) is 72.3 Å². The van der Waals surface area contributed by atoms with Crippen LogP contribution in [0.3, 0.4) is 0 Å². The van der Waals surface area contributed by atoms with E-state index in [0.717, 1.165) is 30.2 Å². The molecule has 0 spiro atoms. The van der Waals surface area contributed by atoms with E-state index in [4.69, 9.17) is 0 Å². The Hall–Kier alpha value is -2.88. The summed E-state index contributed by atoms with van der Waals surface area (Å²) in [4.78, 5) is 13.0. The zero-order valence-corrected chi connectivity index (χ0v) is 14.0. The van der Waals surface area contributed by atoms with Crippen LogP contribution in [-0.2, 0) is 0 Å². The van der Waals surface area contributed by atoms with Crippen molar-refractivity contribution in [3.8, 4) is 5.69 Å². The Kier molecular flexibility index (Phi) is 4.75. The Morgan fingerprint density at radius 3 is 2.29 bits per heavy atom. The highest BCUT2D eigenvalue weighted by atomic mass is 16.1. The van der Waals surface area contributed by atoms with Crippen LogP contribution in [0.25, 0.3) is 5.69 Å². The van der Waals surface area contributed by atoms with E-state index in [-0.39, 0.29) is 5.78 Å². The highest BCUT2D eigenvalue weighted by Crippen LogP contribution is 2.26. The van der Waals surface area contributed by atoms with Crippen LogP contribution in [0.4, 0.5) is 5.82 Å². The maximum Gasteiger partial charge on any atom is 0.198 e. The lowest BCUT2D eigenvalue weighted by Gasteiger charge is -2.11. The molecule has 4 heteroatoms. The quantitative estimate of drug-likeness (QED) is 0.692. The molecule has 0 saturated heterocycles. The third kappa shape index (κ3) is 3.08. The van der Waals surface area contributed by atoms with Gasteiger partial charge in [0.05, 0.1) is 16.9 Å². The summed E-state index contributed by atoms with van der Waals surface area (Å²) >= 11 is 0. The second-order valence-electron chi connectivity index (χ2n) is 5.68. The maximum absolute atomic E-state index is 13.0. The van der Waals surface area contributed by atoms with Gasteiger partial charge in [-0.3, -0.25) is 4.79 Å². The number of aromatic nitrogens is 2. The molecule has 0 bridgehead atoms. The fourth-order valence-electron chi connectivity index (χ4n) is 2.70. The van der Waals surface area contributed by atoms with Gasteiger partial charge in [-0.1, -0.05) is 55.5 Å². The third-order valence-electron chi connectivity index (χ3n) is 3.87. The van der Waals surface area contributed by atoms with E-state index in [2.05, 4.69) is 17.3 Å². The average molecular weight is 319 g/mol. The number of rotatable bonds is 6. The molecule has 2 aromatic carbocycles. The van der Waals surface area contributed by atoms with Gasteiger partial charge in [-0.05, 0) is 25.5 Å². The van der Waals surface area contributed by atoms with E-state index < -0.39 is 0 Å². The summed E-state index contributed by atoms with van der Waals surface area (Å²) in [5, 5.41) is 7.99. The highest BCUT2D eigenvalue weighted by Gasteiger charge is 2.23. The number of nitrogens with zero attached hydrogens (tertiary/aromatic N) is 2. The van der Waals surface area contributed by atoms with Crippen molar-refractivity contribution in [1.29, 1.82) is 0 Å². The van der Waals surface area contributed by atoms with Crippen molar-refractivity contribution in [1.82, 2.24) is 9.78 Å². The number of nitrogens with one attached hydrogen (secondary N) is 1. The zero-order chi connectivity index (χ0) is 16.9. The Labute approximate surface area is 142 Å². The summed E-state index contributed by atoms with van der Waals surface area (Å²) in [5.41, 5.74) is 2.98. The monoisotopic (exact) mass is 319 g/mol. The fraction of sp³-hybridized carbons (Fsp3) is 0.200. The minimum atomic E-state index is -0.00566. The van der Waals surface area contributed by atoms with Gasteiger partial charge in [0, 0.05) is 12.1 Å². The van der Waals surface area contributed by atoms with E-state index in [9.17, 15) is 4.79 Å². The topological polar surface area (TPSA) is 46.9 Å². The standard InChI is InChI=1S/C20H21N3O/c1-3-14-21-20-18(19(24)16-10-6-4-7-11-16)15(2)22-23(20)17-12-8-5-9-13-17/h4-13,21H,3,14H2,1-2H3. The van der Waals surface area contributed by atoms with Crippen molar-refractivity contribution >= 4 is 11.6 Å². The van der Waals surface area contributed by atoms with E-state index >= 15 is 0 Å². The maximum atomic E-state index is 13.0. The first-order valence-electron chi connectivity index (χ1n) is 8.21. The normalized spacial score (nSPS) is 10.6. The summed E-state index contributed by atoms with van der Waals surface area (Å²) in [6.45, 7) is 4.77. The van der Waals surface area contributed by atoms with Crippen molar-refractivity contribution in [3.63, 3.8) is 0 Å². The largest absolute Gasteiger partial charge is 0.369 e. The van der Waals surface area contributed by atoms with Crippen LogP contribution in [0.1, 0.15) is 35.0 Å². The molecule has 0 aliphatic rings. The second-order valence-corrected chi connectivity index (χ2v) is 5.68. The highest BCUT2D eigenvalue weighted by molar-refractivity contribution is 6.12. The molecule has 0 aliphatic carbocycles. The zero-order valence-electron chi connectivity index (χ0n) is 14.0. The van der Waals surface area contributed by atoms with E-state index in [1.165, 1.54) is 0 Å². The first-order chi connectivity index (χ1) is 11.7. The minimum absolute atomic E-state index is 0.00566. The average Bonchev–Trinajstić information content (AvgIpc) is 2.97. The number of ketones is 1. The molecule has 0 radical (unpaired) electrons. The van der Waals surface area contributed by atoms with Gasteiger partial charge in [0.2, 0.25) is 0 Å². The van der Waals surface area contributed by atoms with Crippen LogP contribution in [0, 0.1) is 6.92 Å². The second kappa shape index (κ2) is 7.13. The number of hydrogen-bond acceptors (Lipinski definition) is 3. The van der Waals surface area contributed by atoms with Crippen LogP contribution >= 0.6 is 0 Å². The molecule has 3 rings (SSSR count). The molecule has 1 N–H and O–H groups in total. The van der Waals surface area contributed by atoms with Gasteiger partial charge < -0.3 is 5.32 Å². The van der Waals surface area contributed by atoms with Gasteiger partial charge in [-0.2, -0.15) is 5.10 Å². The van der Waals surface area contributed by atoms with Crippen LogP contribution in [0.5, 0.6) is 0 Å². The van der Waals surface area contributed by atoms with Crippen molar-refractivity contribution in [2.45, 2.75) is 20.3 Å². The SMILES string of the molecule is CCCNc1c(C(=O)c2ccccc2)c(C)nn1-c1ccccc1. The number of carbonyl (C=O) groups is 1. The molecule has 1 heterocycles. The summed E-state index contributed by atoms with van der Waals surface area (Å²) < 4.78 is 1.82. The van der Waals surface area contributed by atoms with Gasteiger partial charge in [-0.15, -0.1) is 0 Å². The lowest BCUT2D eigenvalue weighted by molar-refractivity contribution is 0.103. The molecule has 0 saturated carbocycles. The predicted molar refractivity (Wildman–Crippen MR) is 97.0 cm³/mol. The number of para-hydroxylation sites is 1. The molecule has 0 amide bonds. The first kappa shape index (κ1) is 16.0. The molecular weight excluding hydrogens is 298 g/mol. The van der Waals surface area contributed by atoms with Crippen molar-refractivity contribution in [2.24, 2.45) is 0 Å². The molecule has 0 unspecified atom stereocenters. The first-order valence-corrected chi connectivity index (χ1v) is 8.21. The Morgan fingerprint density at radius 1 is 1.04 bits per heavy atom. The lowest BCUT2D eigenvalue weighted by atomic mass is 10.0. The lowest BCUT2D eigenvalue weighted by Crippen LogP contribution is -2.11. The summed E-state index contributed by atoms with van der Waals surface area (Å²) in [5.74, 6) is 0.753. The molecule has 122 valence electrons. The van der Waals surface area contributed by atoms with Crippen LogP contribution < -0.4 is 5.32 Å². The Bertz CT molecular complexity index is 823. The molecular formula is C20H21N3O. The van der Waals surface area contributed by atoms with E-state index in [0.29, 0.717) is 11.1 Å². The molecule has 1 aromatic heterocycles. The number of anilines is 1. The van der Waals surface area contributed by atoms with Gasteiger partial charge >= 0.3 is 0 Å². The van der Waals surface area contributed by atoms with Crippen LogP contribution in [0.15, 0.2) is 60.7 Å². The fourth-order valence-corrected chi connectivity index (χ4v) is 2.70. The van der Waals surface area contributed by atoms with Crippen molar-refractivity contribution in [2.75, 3.05) is 11.9 Å². The molecule has 0 atom stereocenters. The minimum Gasteiger partial charge on any atom is -0.369 e. The molecule has 3 aromatic rings. The van der Waals surface area contributed by atoms with Crippen molar-refractivity contribution < 1.29 is 4.79 Å².